The van der Waals surface area contributed by atoms with E-state index < -0.39 is 5.60 Å². The maximum atomic E-state index is 11.9. The number of nitrogens with zero attached hydrogens (tertiary/aromatic N) is 3. The van der Waals surface area contributed by atoms with Crippen LogP contribution in [0.15, 0.2) is 59.6 Å². The number of nitriles is 1. The molecule has 1 aliphatic carbocycles. The normalized spacial score (nSPS) is 17.5. The van der Waals surface area contributed by atoms with E-state index in [1.807, 2.05) is 26.8 Å². The number of esters is 1. The molecule has 6 nitrogen and oxygen atoms in total. The molecule has 0 unspecified atom stereocenters. The lowest BCUT2D eigenvalue weighted by atomic mass is 9.82. The lowest BCUT2D eigenvalue weighted by Crippen LogP contribution is -2.28. The van der Waals surface area contributed by atoms with Gasteiger partial charge in [-0.3, -0.25) is 4.68 Å². The van der Waals surface area contributed by atoms with Crippen LogP contribution in [0, 0.1) is 30.1 Å². The molecule has 1 heterocycles. The molecule has 0 atom stereocenters. The number of rotatable bonds is 10. The molecule has 1 saturated carbocycles. The van der Waals surface area contributed by atoms with Gasteiger partial charge in [-0.05, 0) is 70.8 Å². The van der Waals surface area contributed by atoms with Crippen molar-refractivity contribution in [1.82, 2.24) is 9.78 Å². The molecule has 1 aromatic heterocycles. The summed E-state index contributed by atoms with van der Waals surface area (Å²) in [4.78, 5) is 11.9. The van der Waals surface area contributed by atoms with Crippen LogP contribution in [0.25, 0.3) is 22.4 Å². The van der Waals surface area contributed by atoms with E-state index in [4.69, 9.17) is 14.6 Å². The number of aryl methyl sites for hydroxylation is 1. The van der Waals surface area contributed by atoms with Gasteiger partial charge in [0.25, 0.3) is 0 Å². The van der Waals surface area contributed by atoms with Gasteiger partial charge in [0.2, 0.25) is 0 Å². The maximum Gasteiger partial charge on any atom is 0.332 e. The molecule has 0 aliphatic heterocycles. The standard InChI is InChI=1S/C32H39N3O3S/c1-23-10-16-27(17-11-23)30-29(26-8-6-5-7-9-26)31(39-19-18-33)35(34-30)20-24-12-14-25(15-13-24)21-37-22-28(36)38-32(2,3)4/h5-11,16-17,24-25H,12-15,19-22H2,1-4H3/t24-,25-. The smallest absolute Gasteiger partial charge is 0.332 e. The lowest BCUT2D eigenvalue weighted by molar-refractivity contribution is -0.160. The van der Waals surface area contributed by atoms with E-state index in [9.17, 15) is 10.1 Å². The number of ether oxygens (including phenoxy) is 2. The Bertz CT molecular complexity index is 1260. The average molecular weight is 546 g/mol. The first-order valence-electron chi connectivity index (χ1n) is 13.8. The van der Waals surface area contributed by atoms with Gasteiger partial charge in [0.1, 0.15) is 22.9 Å². The van der Waals surface area contributed by atoms with Crippen LogP contribution in [0.4, 0.5) is 0 Å². The van der Waals surface area contributed by atoms with Crippen molar-refractivity contribution < 1.29 is 14.3 Å². The highest BCUT2D eigenvalue weighted by Crippen LogP contribution is 2.41. The van der Waals surface area contributed by atoms with Crippen LogP contribution in [0.3, 0.4) is 0 Å². The second-order valence-electron chi connectivity index (χ2n) is 11.4. The number of carbonyl (C=O) groups excluding carboxylic acids is 1. The minimum Gasteiger partial charge on any atom is -0.458 e. The Morgan fingerprint density at radius 2 is 1.69 bits per heavy atom. The number of thioether (sulfide) groups is 1. The van der Waals surface area contributed by atoms with Crippen molar-refractivity contribution in [2.75, 3.05) is 19.0 Å². The molecule has 0 N–H and O–H groups in total. The van der Waals surface area contributed by atoms with Crippen molar-refractivity contribution in [3.63, 3.8) is 0 Å². The summed E-state index contributed by atoms with van der Waals surface area (Å²) >= 11 is 1.57. The predicted octanol–water partition coefficient (Wildman–Crippen LogP) is 7.31. The zero-order valence-electron chi connectivity index (χ0n) is 23.5. The average Bonchev–Trinajstić information content (AvgIpc) is 3.26. The topological polar surface area (TPSA) is 77.1 Å². The van der Waals surface area contributed by atoms with Crippen LogP contribution in [0.1, 0.15) is 52.0 Å². The largest absolute Gasteiger partial charge is 0.458 e. The molecule has 0 bridgehead atoms. The van der Waals surface area contributed by atoms with E-state index in [0.29, 0.717) is 24.2 Å². The first kappa shape index (κ1) is 28.9. The third kappa shape index (κ3) is 8.20. The Morgan fingerprint density at radius 1 is 1.03 bits per heavy atom. The highest BCUT2D eigenvalue weighted by molar-refractivity contribution is 7.99. The molecule has 3 aromatic rings. The molecule has 39 heavy (non-hydrogen) atoms. The zero-order valence-corrected chi connectivity index (χ0v) is 24.3. The fourth-order valence-corrected chi connectivity index (χ4v) is 5.93. The van der Waals surface area contributed by atoms with Crippen LogP contribution in [0.5, 0.6) is 0 Å². The van der Waals surface area contributed by atoms with Gasteiger partial charge in [0, 0.05) is 17.7 Å². The summed E-state index contributed by atoms with van der Waals surface area (Å²) in [6, 6.07) is 21.2. The van der Waals surface area contributed by atoms with E-state index in [1.54, 1.807) is 11.8 Å². The van der Waals surface area contributed by atoms with Gasteiger partial charge in [0.15, 0.2) is 0 Å². The Kier molecular flexibility index (Phi) is 9.88. The molecule has 1 fully saturated rings. The summed E-state index contributed by atoms with van der Waals surface area (Å²) in [5.74, 6) is 1.02. The molecule has 7 heteroatoms. The minimum atomic E-state index is -0.491. The van der Waals surface area contributed by atoms with E-state index in [-0.39, 0.29) is 12.6 Å². The molecular formula is C32H39N3O3S. The third-order valence-corrected chi connectivity index (χ3v) is 7.92. The molecule has 0 radical (unpaired) electrons. The van der Waals surface area contributed by atoms with Crippen LogP contribution in [-0.2, 0) is 20.8 Å². The summed E-state index contributed by atoms with van der Waals surface area (Å²) in [7, 11) is 0. The fourth-order valence-electron chi connectivity index (χ4n) is 5.10. The predicted molar refractivity (Wildman–Crippen MR) is 156 cm³/mol. The van der Waals surface area contributed by atoms with Crippen LogP contribution in [-0.4, -0.2) is 40.3 Å². The molecule has 1 aliphatic rings. The van der Waals surface area contributed by atoms with Gasteiger partial charge in [-0.2, -0.15) is 10.4 Å². The van der Waals surface area contributed by atoms with Crippen molar-refractivity contribution in [1.29, 1.82) is 5.26 Å². The number of hydrogen-bond donors (Lipinski definition) is 0. The fraction of sp³-hybridized carbons (Fsp3) is 0.469. The molecule has 206 valence electrons. The second-order valence-corrected chi connectivity index (χ2v) is 12.3. The summed E-state index contributed by atoms with van der Waals surface area (Å²) in [6.45, 7) is 9.10. The monoisotopic (exact) mass is 545 g/mol. The van der Waals surface area contributed by atoms with Crippen molar-refractivity contribution >= 4 is 17.7 Å². The highest BCUT2D eigenvalue weighted by Gasteiger charge is 2.26. The SMILES string of the molecule is Cc1ccc(-c2nn(C[C@H]3CC[C@H](COCC(=O)OC(C)(C)C)CC3)c(SCC#N)c2-c2ccccc2)cc1. The lowest BCUT2D eigenvalue weighted by Gasteiger charge is -2.28. The van der Waals surface area contributed by atoms with Crippen molar-refractivity contribution in [3.05, 3.63) is 60.2 Å². The van der Waals surface area contributed by atoms with E-state index in [2.05, 4.69) is 66.2 Å². The number of carbonyl (C=O) groups is 1. The molecule has 0 amide bonds. The van der Waals surface area contributed by atoms with Crippen LogP contribution in [0.2, 0.25) is 0 Å². The quantitative estimate of drug-likeness (QED) is 0.196. The number of aromatic nitrogens is 2. The summed E-state index contributed by atoms with van der Waals surface area (Å²) in [5, 5.41) is 15.6. The Morgan fingerprint density at radius 3 is 2.33 bits per heavy atom. The summed E-state index contributed by atoms with van der Waals surface area (Å²) in [6.07, 6.45) is 4.31. The first-order valence-corrected chi connectivity index (χ1v) is 14.7. The summed E-state index contributed by atoms with van der Waals surface area (Å²) in [5.41, 5.74) is 4.99. The van der Waals surface area contributed by atoms with Gasteiger partial charge in [-0.15, -0.1) is 0 Å². The van der Waals surface area contributed by atoms with Crippen LogP contribution < -0.4 is 0 Å². The van der Waals surface area contributed by atoms with Gasteiger partial charge in [0.05, 0.1) is 18.4 Å². The summed E-state index contributed by atoms with van der Waals surface area (Å²) < 4.78 is 13.2. The molecule has 0 saturated heterocycles. The van der Waals surface area contributed by atoms with E-state index in [0.717, 1.165) is 59.6 Å². The molecule has 2 aromatic carbocycles. The van der Waals surface area contributed by atoms with Crippen molar-refractivity contribution in [3.8, 4) is 28.5 Å². The van der Waals surface area contributed by atoms with E-state index >= 15 is 0 Å². The second kappa shape index (κ2) is 13.3. The Labute approximate surface area is 236 Å². The third-order valence-electron chi connectivity index (χ3n) is 6.96. The molecule has 0 spiro atoms. The maximum absolute atomic E-state index is 11.9. The van der Waals surface area contributed by atoms with Gasteiger partial charge in [-0.25, -0.2) is 4.79 Å². The Balaban J connectivity index is 1.47. The minimum absolute atomic E-state index is 0.00795. The highest BCUT2D eigenvalue weighted by atomic mass is 32.2. The zero-order chi connectivity index (χ0) is 27.8. The van der Waals surface area contributed by atoms with Crippen molar-refractivity contribution in [2.24, 2.45) is 11.8 Å². The van der Waals surface area contributed by atoms with Crippen LogP contribution >= 0.6 is 11.8 Å². The van der Waals surface area contributed by atoms with Gasteiger partial charge < -0.3 is 9.47 Å². The number of benzene rings is 2. The van der Waals surface area contributed by atoms with Gasteiger partial charge in [-0.1, -0.05) is 71.9 Å². The van der Waals surface area contributed by atoms with Gasteiger partial charge >= 0.3 is 5.97 Å². The number of hydrogen-bond acceptors (Lipinski definition) is 6. The Hall–Kier alpha value is -3.08. The first-order chi connectivity index (χ1) is 18.7. The molecular weight excluding hydrogens is 506 g/mol. The molecule has 4 rings (SSSR count). The van der Waals surface area contributed by atoms with E-state index in [1.165, 1.54) is 5.56 Å². The van der Waals surface area contributed by atoms with Crippen molar-refractivity contribution in [2.45, 2.75) is 70.6 Å².